The number of rotatable bonds is 2. The lowest BCUT2D eigenvalue weighted by molar-refractivity contribution is -0.0625. The molecule has 0 saturated carbocycles. The minimum atomic E-state index is -0.0496. The zero-order valence-electron chi connectivity index (χ0n) is 10.0. The first-order chi connectivity index (χ1) is 8.20. The summed E-state index contributed by atoms with van der Waals surface area (Å²) in [6.07, 6.45) is -0.00336. The largest absolute Gasteiger partial charge is 0.370 e. The summed E-state index contributed by atoms with van der Waals surface area (Å²) in [4.78, 5) is 14.1. The van der Waals surface area contributed by atoms with E-state index >= 15 is 0 Å². The van der Waals surface area contributed by atoms with Gasteiger partial charge in [-0.3, -0.25) is 4.79 Å². The van der Waals surface area contributed by atoms with Gasteiger partial charge in [-0.05, 0) is 19.1 Å². The van der Waals surface area contributed by atoms with Crippen LogP contribution in [0.4, 0.5) is 0 Å². The Kier molecular flexibility index (Phi) is 3.76. The number of carbonyl (C=O) groups excluding carboxylic acids is 1. The zero-order chi connectivity index (χ0) is 12.3. The normalized spacial score (nSPS) is 24.7. The van der Waals surface area contributed by atoms with Crippen LogP contribution in [0.5, 0.6) is 0 Å². The molecule has 1 aromatic rings. The summed E-state index contributed by atoms with van der Waals surface area (Å²) in [6, 6.07) is 9.32. The molecule has 0 aliphatic carbocycles. The number of nitrogens with zero attached hydrogens (tertiary/aromatic N) is 1. The van der Waals surface area contributed by atoms with Gasteiger partial charge in [0.2, 0.25) is 0 Å². The Morgan fingerprint density at radius 2 is 2.12 bits per heavy atom. The summed E-state index contributed by atoms with van der Waals surface area (Å²) >= 11 is 0. The monoisotopic (exact) mass is 234 g/mol. The van der Waals surface area contributed by atoms with Crippen LogP contribution >= 0.6 is 0 Å². The molecule has 0 bridgehead atoms. The average molecular weight is 234 g/mol. The van der Waals surface area contributed by atoms with E-state index in [9.17, 15) is 4.79 Å². The van der Waals surface area contributed by atoms with Crippen LogP contribution < -0.4 is 5.73 Å². The van der Waals surface area contributed by atoms with Crippen LogP contribution in [-0.4, -0.2) is 42.6 Å². The first-order valence-electron chi connectivity index (χ1n) is 5.90. The van der Waals surface area contributed by atoms with Gasteiger partial charge in [0.25, 0.3) is 5.91 Å². The Morgan fingerprint density at radius 3 is 2.76 bits per heavy atom. The molecule has 1 heterocycles. The third kappa shape index (κ3) is 2.84. The molecule has 2 unspecified atom stereocenters. The van der Waals surface area contributed by atoms with Crippen LogP contribution in [0.25, 0.3) is 0 Å². The van der Waals surface area contributed by atoms with E-state index in [1.807, 2.05) is 42.2 Å². The Hall–Kier alpha value is -1.39. The molecule has 92 valence electrons. The molecule has 1 aromatic carbocycles. The van der Waals surface area contributed by atoms with E-state index in [1.165, 1.54) is 0 Å². The molecule has 1 amide bonds. The highest BCUT2D eigenvalue weighted by atomic mass is 16.5. The van der Waals surface area contributed by atoms with Crippen molar-refractivity contribution < 1.29 is 9.53 Å². The molecule has 2 N–H and O–H groups in total. The SMILES string of the molecule is CC1CN(C(=O)c2ccccc2)CC(CN)O1. The standard InChI is InChI=1S/C13H18N2O2/c1-10-8-15(9-12(7-14)17-10)13(16)11-5-3-2-4-6-11/h2-6,10,12H,7-9,14H2,1H3. The van der Waals surface area contributed by atoms with Crippen molar-refractivity contribution in [3.05, 3.63) is 35.9 Å². The quantitative estimate of drug-likeness (QED) is 0.826. The van der Waals surface area contributed by atoms with E-state index in [2.05, 4.69) is 0 Å². The molecular weight excluding hydrogens is 216 g/mol. The van der Waals surface area contributed by atoms with E-state index < -0.39 is 0 Å². The minimum absolute atomic E-state index is 0.0463. The van der Waals surface area contributed by atoms with Crippen molar-refractivity contribution in [3.63, 3.8) is 0 Å². The highest BCUT2D eigenvalue weighted by molar-refractivity contribution is 5.94. The van der Waals surface area contributed by atoms with Crippen molar-refractivity contribution in [2.45, 2.75) is 19.1 Å². The van der Waals surface area contributed by atoms with Crippen molar-refractivity contribution in [3.8, 4) is 0 Å². The lowest BCUT2D eigenvalue weighted by Crippen LogP contribution is -2.51. The molecule has 17 heavy (non-hydrogen) atoms. The minimum Gasteiger partial charge on any atom is -0.370 e. The molecule has 4 heteroatoms. The molecular formula is C13H18N2O2. The maximum absolute atomic E-state index is 12.2. The van der Waals surface area contributed by atoms with E-state index in [4.69, 9.17) is 10.5 Å². The molecule has 1 aliphatic rings. The molecule has 2 rings (SSSR count). The zero-order valence-corrected chi connectivity index (χ0v) is 10.0. The molecule has 1 fully saturated rings. The molecule has 0 spiro atoms. The number of benzene rings is 1. The predicted octanol–water partition coefficient (Wildman–Crippen LogP) is 0.875. The molecule has 1 saturated heterocycles. The van der Waals surface area contributed by atoms with Crippen molar-refractivity contribution in [2.75, 3.05) is 19.6 Å². The van der Waals surface area contributed by atoms with Gasteiger partial charge < -0.3 is 15.4 Å². The first-order valence-corrected chi connectivity index (χ1v) is 5.90. The second-order valence-electron chi connectivity index (χ2n) is 4.38. The van der Waals surface area contributed by atoms with E-state index in [0.29, 0.717) is 19.6 Å². The summed E-state index contributed by atoms with van der Waals surface area (Å²) in [5.41, 5.74) is 6.32. The first kappa shape index (κ1) is 12.1. The number of morpholine rings is 1. The Balaban J connectivity index is 2.09. The van der Waals surface area contributed by atoms with Crippen molar-refractivity contribution in [2.24, 2.45) is 5.73 Å². The lowest BCUT2D eigenvalue weighted by Gasteiger charge is -2.36. The molecule has 0 aromatic heterocycles. The number of hydrogen-bond acceptors (Lipinski definition) is 3. The van der Waals surface area contributed by atoms with Gasteiger partial charge in [0.15, 0.2) is 0 Å². The fourth-order valence-electron chi connectivity index (χ4n) is 2.10. The van der Waals surface area contributed by atoms with Gasteiger partial charge in [-0.25, -0.2) is 0 Å². The van der Waals surface area contributed by atoms with Gasteiger partial charge >= 0.3 is 0 Å². The van der Waals surface area contributed by atoms with Crippen LogP contribution in [0.1, 0.15) is 17.3 Å². The summed E-state index contributed by atoms with van der Waals surface area (Å²) in [5, 5.41) is 0. The number of amides is 1. The summed E-state index contributed by atoms with van der Waals surface area (Å²) < 4.78 is 5.63. The second kappa shape index (κ2) is 5.29. The lowest BCUT2D eigenvalue weighted by atomic mass is 10.1. The smallest absolute Gasteiger partial charge is 0.254 e. The van der Waals surface area contributed by atoms with Crippen molar-refractivity contribution >= 4 is 5.91 Å². The highest BCUT2D eigenvalue weighted by Crippen LogP contribution is 2.13. The van der Waals surface area contributed by atoms with Crippen molar-refractivity contribution in [1.29, 1.82) is 0 Å². The van der Waals surface area contributed by atoms with E-state index in [0.717, 1.165) is 5.56 Å². The van der Waals surface area contributed by atoms with Gasteiger partial charge in [-0.2, -0.15) is 0 Å². The molecule has 0 radical (unpaired) electrons. The summed E-state index contributed by atoms with van der Waals surface area (Å²) in [7, 11) is 0. The second-order valence-corrected chi connectivity index (χ2v) is 4.38. The van der Waals surface area contributed by atoms with Crippen LogP contribution in [0.3, 0.4) is 0 Å². The molecule has 1 aliphatic heterocycles. The number of ether oxygens (including phenoxy) is 1. The Labute approximate surface area is 101 Å². The Morgan fingerprint density at radius 1 is 1.41 bits per heavy atom. The number of nitrogens with two attached hydrogens (primary N) is 1. The van der Waals surface area contributed by atoms with Gasteiger partial charge in [-0.1, -0.05) is 18.2 Å². The van der Waals surface area contributed by atoms with Crippen LogP contribution in [-0.2, 0) is 4.74 Å². The van der Waals surface area contributed by atoms with Gasteiger partial charge in [0.1, 0.15) is 0 Å². The summed E-state index contributed by atoms with van der Waals surface area (Å²) in [6.45, 7) is 3.62. The fourth-order valence-corrected chi connectivity index (χ4v) is 2.10. The van der Waals surface area contributed by atoms with Gasteiger partial charge in [0, 0.05) is 25.2 Å². The molecule has 4 nitrogen and oxygen atoms in total. The van der Waals surface area contributed by atoms with E-state index in [1.54, 1.807) is 0 Å². The number of carbonyl (C=O) groups is 1. The van der Waals surface area contributed by atoms with Gasteiger partial charge in [0.05, 0.1) is 12.2 Å². The topological polar surface area (TPSA) is 55.6 Å². The highest BCUT2D eigenvalue weighted by Gasteiger charge is 2.27. The maximum Gasteiger partial charge on any atom is 0.254 e. The third-order valence-corrected chi connectivity index (χ3v) is 2.90. The van der Waals surface area contributed by atoms with Crippen LogP contribution in [0, 0.1) is 0 Å². The molecule has 2 atom stereocenters. The predicted molar refractivity (Wildman–Crippen MR) is 65.7 cm³/mol. The summed E-state index contributed by atoms with van der Waals surface area (Å²) in [5.74, 6) is 0.0548. The average Bonchev–Trinajstić information content (AvgIpc) is 2.38. The van der Waals surface area contributed by atoms with Crippen molar-refractivity contribution in [1.82, 2.24) is 4.90 Å². The van der Waals surface area contributed by atoms with Crippen LogP contribution in [0.2, 0.25) is 0 Å². The van der Waals surface area contributed by atoms with Crippen LogP contribution in [0.15, 0.2) is 30.3 Å². The fraction of sp³-hybridized carbons (Fsp3) is 0.462. The Bertz CT molecular complexity index is 380. The number of hydrogen-bond donors (Lipinski definition) is 1. The maximum atomic E-state index is 12.2. The third-order valence-electron chi connectivity index (χ3n) is 2.90. The van der Waals surface area contributed by atoms with Gasteiger partial charge in [-0.15, -0.1) is 0 Å². The van der Waals surface area contributed by atoms with E-state index in [-0.39, 0.29) is 18.1 Å².